The first kappa shape index (κ1) is 15.9. The number of nitrogens with one attached hydrogen (secondary N) is 1. The molecule has 2 aromatic carbocycles. The summed E-state index contributed by atoms with van der Waals surface area (Å²) >= 11 is 5.99. The molecule has 3 heteroatoms. The molecular weight excluding hydrogens is 282 g/mol. The monoisotopic (exact) mass is 303 g/mol. The van der Waals surface area contributed by atoms with Gasteiger partial charge in [-0.15, -0.1) is 0 Å². The van der Waals surface area contributed by atoms with Gasteiger partial charge in [-0.1, -0.05) is 48.9 Å². The second kappa shape index (κ2) is 8.06. The van der Waals surface area contributed by atoms with E-state index in [9.17, 15) is 0 Å². The van der Waals surface area contributed by atoms with Crippen LogP contribution in [0.4, 0.5) is 0 Å². The molecule has 0 bridgehead atoms. The van der Waals surface area contributed by atoms with Crippen LogP contribution in [-0.2, 0) is 13.2 Å². The Morgan fingerprint density at radius 3 is 2.71 bits per heavy atom. The maximum atomic E-state index is 5.99. The maximum absolute atomic E-state index is 5.99. The fourth-order valence-corrected chi connectivity index (χ4v) is 2.22. The van der Waals surface area contributed by atoms with E-state index in [1.807, 2.05) is 42.5 Å². The molecule has 0 aliphatic rings. The summed E-state index contributed by atoms with van der Waals surface area (Å²) in [5.74, 6) is 0.924. The average molecular weight is 304 g/mol. The number of hydrogen-bond acceptors (Lipinski definition) is 2. The van der Waals surface area contributed by atoms with Crippen molar-refractivity contribution in [1.29, 1.82) is 0 Å². The third-order valence-electron chi connectivity index (χ3n) is 3.51. The van der Waals surface area contributed by atoms with E-state index >= 15 is 0 Å². The Balaban J connectivity index is 1.99. The van der Waals surface area contributed by atoms with Crippen LogP contribution in [-0.4, -0.2) is 6.04 Å². The van der Waals surface area contributed by atoms with Crippen LogP contribution in [0.15, 0.2) is 48.5 Å². The van der Waals surface area contributed by atoms with Gasteiger partial charge in [-0.05, 0) is 37.1 Å². The third kappa shape index (κ3) is 5.07. The Kier molecular flexibility index (Phi) is 6.09. The van der Waals surface area contributed by atoms with Gasteiger partial charge in [-0.25, -0.2) is 0 Å². The van der Waals surface area contributed by atoms with Crippen molar-refractivity contribution in [2.24, 2.45) is 0 Å². The van der Waals surface area contributed by atoms with Crippen LogP contribution in [0.5, 0.6) is 5.75 Å². The van der Waals surface area contributed by atoms with Crippen molar-refractivity contribution in [3.63, 3.8) is 0 Å². The van der Waals surface area contributed by atoms with Gasteiger partial charge in [0.2, 0.25) is 0 Å². The molecule has 1 atom stereocenters. The zero-order valence-electron chi connectivity index (χ0n) is 12.6. The highest BCUT2D eigenvalue weighted by atomic mass is 35.5. The average Bonchev–Trinajstić information content (AvgIpc) is 2.51. The Bertz CT molecular complexity index is 571. The third-order valence-corrected chi connectivity index (χ3v) is 3.74. The van der Waals surface area contributed by atoms with E-state index in [0.29, 0.717) is 12.6 Å². The van der Waals surface area contributed by atoms with Gasteiger partial charge in [0.1, 0.15) is 12.4 Å². The van der Waals surface area contributed by atoms with Crippen LogP contribution in [0.2, 0.25) is 5.02 Å². The van der Waals surface area contributed by atoms with E-state index in [4.69, 9.17) is 16.3 Å². The number of para-hydroxylation sites is 1. The molecule has 2 nitrogen and oxygen atoms in total. The highest BCUT2D eigenvalue weighted by Crippen LogP contribution is 2.20. The maximum Gasteiger partial charge on any atom is 0.124 e. The molecule has 0 unspecified atom stereocenters. The Labute approximate surface area is 132 Å². The first-order valence-electron chi connectivity index (χ1n) is 7.37. The number of rotatable bonds is 7. The molecule has 0 heterocycles. The first-order valence-corrected chi connectivity index (χ1v) is 7.75. The van der Waals surface area contributed by atoms with Gasteiger partial charge in [0, 0.05) is 23.2 Å². The second-order valence-corrected chi connectivity index (χ2v) is 5.65. The fraction of sp³-hybridized carbons (Fsp3) is 0.333. The van der Waals surface area contributed by atoms with Gasteiger partial charge in [0.15, 0.2) is 0 Å². The normalized spacial score (nSPS) is 12.1. The lowest BCUT2D eigenvalue weighted by molar-refractivity contribution is 0.301. The van der Waals surface area contributed by atoms with Crippen molar-refractivity contribution in [2.75, 3.05) is 0 Å². The van der Waals surface area contributed by atoms with Crippen LogP contribution in [0.25, 0.3) is 0 Å². The lowest BCUT2D eigenvalue weighted by atomic mass is 10.1. The molecule has 2 rings (SSSR count). The van der Waals surface area contributed by atoms with E-state index in [0.717, 1.165) is 29.3 Å². The summed E-state index contributed by atoms with van der Waals surface area (Å²) in [7, 11) is 0. The Morgan fingerprint density at radius 2 is 1.95 bits per heavy atom. The zero-order valence-corrected chi connectivity index (χ0v) is 13.4. The molecular formula is C18H22ClNO. The minimum atomic E-state index is 0.506. The lowest BCUT2D eigenvalue weighted by Crippen LogP contribution is -2.24. The lowest BCUT2D eigenvalue weighted by Gasteiger charge is -2.15. The summed E-state index contributed by atoms with van der Waals surface area (Å²) in [5.41, 5.74) is 2.26. The number of halogens is 1. The molecule has 0 saturated carbocycles. The molecule has 0 radical (unpaired) electrons. The van der Waals surface area contributed by atoms with Crippen molar-refractivity contribution < 1.29 is 4.74 Å². The van der Waals surface area contributed by atoms with Crippen LogP contribution < -0.4 is 10.1 Å². The topological polar surface area (TPSA) is 21.3 Å². The SMILES string of the molecule is CC[C@@H](C)NCc1ccccc1OCc1cccc(Cl)c1. The molecule has 0 saturated heterocycles. The summed E-state index contributed by atoms with van der Waals surface area (Å²) in [4.78, 5) is 0. The van der Waals surface area contributed by atoms with E-state index < -0.39 is 0 Å². The quantitative estimate of drug-likeness (QED) is 0.793. The van der Waals surface area contributed by atoms with Gasteiger partial charge in [0.25, 0.3) is 0 Å². The molecule has 2 aromatic rings. The minimum Gasteiger partial charge on any atom is -0.489 e. The van der Waals surface area contributed by atoms with E-state index in [1.165, 1.54) is 5.56 Å². The first-order chi connectivity index (χ1) is 10.2. The Morgan fingerprint density at radius 1 is 1.14 bits per heavy atom. The van der Waals surface area contributed by atoms with E-state index in [1.54, 1.807) is 0 Å². The van der Waals surface area contributed by atoms with Crippen molar-refractivity contribution >= 4 is 11.6 Å². The second-order valence-electron chi connectivity index (χ2n) is 5.22. The van der Waals surface area contributed by atoms with Crippen LogP contribution in [0.3, 0.4) is 0 Å². The highest BCUT2D eigenvalue weighted by molar-refractivity contribution is 6.30. The van der Waals surface area contributed by atoms with Crippen LogP contribution in [0.1, 0.15) is 31.4 Å². The van der Waals surface area contributed by atoms with Gasteiger partial charge in [-0.3, -0.25) is 0 Å². The predicted molar refractivity (Wildman–Crippen MR) is 88.8 cm³/mol. The van der Waals surface area contributed by atoms with E-state index in [2.05, 4.69) is 25.2 Å². The van der Waals surface area contributed by atoms with Crippen molar-refractivity contribution in [2.45, 2.75) is 39.5 Å². The summed E-state index contributed by atoms with van der Waals surface area (Å²) in [5, 5.41) is 4.23. The molecule has 0 aliphatic carbocycles. The summed E-state index contributed by atoms with van der Waals surface area (Å²) < 4.78 is 5.95. The molecule has 112 valence electrons. The van der Waals surface area contributed by atoms with Crippen molar-refractivity contribution in [3.05, 3.63) is 64.7 Å². The molecule has 0 amide bonds. The summed E-state index contributed by atoms with van der Waals surface area (Å²) in [6.07, 6.45) is 1.12. The molecule has 0 aliphatic heterocycles. The van der Waals surface area contributed by atoms with Crippen molar-refractivity contribution in [3.8, 4) is 5.75 Å². The smallest absolute Gasteiger partial charge is 0.124 e. The Hall–Kier alpha value is -1.51. The largest absolute Gasteiger partial charge is 0.489 e. The molecule has 0 fully saturated rings. The molecule has 1 N–H and O–H groups in total. The van der Waals surface area contributed by atoms with Crippen LogP contribution in [0, 0.1) is 0 Å². The minimum absolute atomic E-state index is 0.506. The number of hydrogen-bond donors (Lipinski definition) is 1. The number of ether oxygens (including phenoxy) is 1. The van der Waals surface area contributed by atoms with E-state index in [-0.39, 0.29) is 0 Å². The molecule has 21 heavy (non-hydrogen) atoms. The van der Waals surface area contributed by atoms with Crippen molar-refractivity contribution in [1.82, 2.24) is 5.32 Å². The van der Waals surface area contributed by atoms with Gasteiger partial charge < -0.3 is 10.1 Å². The van der Waals surface area contributed by atoms with Gasteiger partial charge >= 0.3 is 0 Å². The van der Waals surface area contributed by atoms with Gasteiger partial charge in [0.05, 0.1) is 0 Å². The fourth-order valence-electron chi connectivity index (χ4n) is 2.01. The number of benzene rings is 2. The summed E-state index contributed by atoms with van der Waals surface area (Å²) in [6.45, 7) is 5.72. The highest BCUT2D eigenvalue weighted by Gasteiger charge is 2.05. The van der Waals surface area contributed by atoms with Crippen LogP contribution >= 0.6 is 11.6 Å². The predicted octanol–water partition coefficient (Wildman–Crippen LogP) is 4.81. The van der Waals surface area contributed by atoms with Gasteiger partial charge in [-0.2, -0.15) is 0 Å². The standard InChI is InChI=1S/C18H22ClNO/c1-3-14(2)20-12-16-8-4-5-10-18(16)21-13-15-7-6-9-17(19)11-15/h4-11,14,20H,3,12-13H2,1-2H3/t14-/m1/s1. The summed E-state index contributed by atoms with van der Waals surface area (Å²) in [6, 6.07) is 16.4. The molecule has 0 spiro atoms. The molecule has 0 aromatic heterocycles. The zero-order chi connectivity index (χ0) is 15.1.